The van der Waals surface area contributed by atoms with Crippen molar-refractivity contribution >= 4 is 87.9 Å². The number of aliphatic imine (C=N–C) groups is 1. The fourth-order valence-electron chi connectivity index (χ4n) is 9.71. The number of carboxylic acids is 2. The topological polar surface area (TPSA) is 491 Å². The molecule has 470 valence electrons. The van der Waals surface area contributed by atoms with Gasteiger partial charge in [0.05, 0.1) is 12.5 Å². The Morgan fingerprint density at radius 3 is 1.81 bits per heavy atom. The number of primary amides is 2. The Morgan fingerprint density at radius 2 is 1.22 bits per heavy atom. The number of amides is 10. The van der Waals surface area contributed by atoms with Crippen LogP contribution in [-0.2, 0) is 70.4 Å². The number of H-pyrrole nitrogens is 1. The number of guanidine groups is 1. The third kappa shape index (κ3) is 22.1. The second kappa shape index (κ2) is 34.0. The highest BCUT2D eigenvalue weighted by Gasteiger charge is 2.40. The molecule has 29 nitrogen and oxygen atoms in total. The quantitative estimate of drug-likeness (QED) is 0.0168. The Hall–Kier alpha value is -9.15. The van der Waals surface area contributed by atoms with Crippen LogP contribution in [0.5, 0.6) is 0 Å². The molecule has 3 aromatic rings. The van der Waals surface area contributed by atoms with Crippen LogP contribution >= 0.6 is 0 Å². The van der Waals surface area contributed by atoms with Gasteiger partial charge in [0.15, 0.2) is 5.96 Å². The first-order chi connectivity index (χ1) is 40.7. The summed E-state index contributed by atoms with van der Waals surface area (Å²) >= 11 is 0. The summed E-state index contributed by atoms with van der Waals surface area (Å²) in [6, 6.07) is 2.42. The Morgan fingerprint density at radius 1 is 0.651 bits per heavy atom. The standard InChI is InChI=1S/C57H83N15O14/c1-5-31(4)47(54(83)70-42(56(85)86)25-30(2)3)71-52(81)41(28-45(60)74)69-48(77)37(17-11-23-63-57(61)62)65-50(79)39(26-32-13-7-6-8-14-32)67-51(80)40(27-33-29-64-36-16-10-9-15-34(33)36)68-49(78)38(20-22-46(75)76)66-53(82)43-18-12-24-72(43)55(84)35(58)19-21-44(59)73/h6-10,13-16,29-31,35,37-43,47,64H,5,11-12,17-28,58H2,1-4H3,(H2,59,73)(H2,60,74)(H,65,79)(H,66,82)(H,67,80)(H,68,78)(H,69,77)(H,70,83)(H,71,81)(H,75,76)(H,85,86)(H4,61,62,63)/t31-,35-,37-,38-,39-,40-,41-,42-,43-,47-/m0/s1. The molecule has 2 aromatic carbocycles. The zero-order chi connectivity index (χ0) is 63.8. The average Bonchev–Trinajstić information content (AvgIpc) is 2.59. The van der Waals surface area contributed by atoms with Crippen LogP contribution < -0.4 is 65.9 Å². The normalized spacial score (nSPS) is 16.1. The summed E-state index contributed by atoms with van der Waals surface area (Å²) in [7, 11) is 0. The molecular formula is C57H83N15O14. The van der Waals surface area contributed by atoms with Crippen molar-refractivity contribution in [2.24, 2.45) is 45.5 Å². The number of hydrogen-bond acceptors (Lipinski definition) is 14. The van der Waals surface area contributed by atoms with Crippen molar-refractivity contribution in [3.05, 3.63) is 71.9 Å². The lowest BCUT2D eigenvalue weighted by atomic mass is 9.96. The number of likely N-dealkylation sites (tertiary alicyclic amines) is 1. The molecule has 86 heavy (non-hydrogen) atoms. The molecule has 1 fully saturated rings. The maximum absolute atomic E-state index is 15.0. The molecule has 1 aliphatic rings. The lowest BCUT2D eigenvalue weighted by Crippen LogP contribution is -2.61. The van der Waals surface area contributed by atoms with Gasteiger partial charge in [0.2, 0.25) is 59.1 Å². The molecule has 20 N–H and O–H groups in total. The number of aromatic amines is 1. The predicted octanol–water partition coefficient (Wildman–Crippen LogP) is -2.10. The second-order valence-electron chi connectivity index (χ2n) is 21.8. The SMILES string of the molecule is CC[C@H](C)[C@H](NC(=O)[C@H](CC(N)=O)NC(=O)[C@H](CCCN=C(N)N)NC(=O)[C@H](Cc1ccccc1)NC(=O)[C@H](Cc1c[nH]c2ccccc12)NC(=O)[C@H](CCC(=O)O)NC(=O)[C@@H]1CCCN1C(=O)[C@@H](N)CCC(N)=O)C(=O)N[C@@H](CC(C)C)C(=O)O. The monoisotopic (exact) mass is 1200 g/mol. The van der Waals surface area contributed by atoms with Crippen LogP contribution in [0.25, 0.3) is 10.9 Å². The Kier molecular flexibility index (Phi) is 27.4. The summed E-state index contributed by atoms with van der Waals surface area (Å²) in [5.41, 5.74) is 29.7. The van der Waals surface area contributed by atoms with E-state index in [1.807, 2.05) is 0 Å². The van der Waals surface area contributed by atoms with E-state index in [4.69, 9.17) is 28.7 Å². The van der Waals surface area contributed by atoms with Crippen LogP contribution in [0.4, 0.5) is 0 Å². The number of carboxylic acid groups (broad SMARTS) is 2. The largest absolute Gasteiger partial charge is 0.481 e. The van der Waals surface area contributed by atoms with Crippen LogP contribution in [-0.4, -0.2) is 165 Å². The molecule has 29 heteroatoms. The summed E-state index contributed by atoms with van der Waals surface area (Å²) in [6.07, 6.45) is -0.292. The number of para-hydroxylation sites is 1. The number of fused-ring (bicyclic) bond motifs is 1. The number of carbonyl (C=O) groups is 12. The highest BCUT2D eigenvalue weighted by Crippen LogP contribution is 2.22. The molecule has 0 bridgehead atoms. The minimum atomic E-state index is -1.75. The molecule has 1 saturated heterocycles. The van der Waals surface area contributed by atoms with Gasteiger partial charge in [-0.1, -0.05) is 82.6 Å². The van der Waals surface area contributed by atoms with Crippen LogP contribution in [0.3, 0.4) is 0 Å². The minimum absolute atomic E-state index is 0.0356. The second-order valence-corrected chi connectivity index (χ2v) is 21.8. The number of nitrogens with one attached hydrogen (secondary N) is 8. The highest BCUT2D eigenvalue weighted by atomic mass is 16.4. The van der Waals surface area contributed by atoms with E-state index < -0.39 is 151 Å². The first kappa shape index (κ1) is 69.3. The third-order valence-corrected chi connectivity index (χ3v) is 14.5. The zero-order valence-electron chi connectivity index (χ0n) is 48.8. The van der Waals surface area contributed by atoms with Crippen LogP contribution in [0.1, 0.15) is 109 Å². The van der Waals surface area contributed by atoms with E-state index >= 15 is 0 Å². The van der Waals surface area contributed by atoms with Crippen LogP contribution in [0, 0.1) is 11.8 Å². The molecule has 0 spiro atoms. The number of benzene rings is 2. The molecular weight excluding hydrogens is 1120 g/mol. The summed E-state index contributed by atoms with van der Waals surface area (Å²) in [4.78, 5) is 170. The van der Waals surface area contributed by atoms with E-state index in [1.165, 1.54) is 4.90 Å². The number of nitrogens with zero attached hydrogens (tertiary/aromatic N) is 2. The van der Waals surface area contributed by atoms with Crippen molar-refractivity contribution in [3.63, 3.8) is 0 Å². The lowest BCUT2D eigenvalue weighted by Gasteiger charge is -2.29. The van der Waals surface area contributed by atoms with E-state index in [1.54, 1.807) is 88.5 Å². The molecule has 0 aliphatic carbocycles. The number of aromatic nitrogens is 1. The predicted molar refractivity (Wildman–Crippen MR) is 314 cm³/mol. The van der Waals surface area contributed by atoms with E-state index in [2.05, 4.69) is 47.2 Å². The van der Waals surface area contributed by atoms with Crippen LogP contribution in [0.2, 0.25) is 0 Å². The summed E-state index contributed by atoms with van der Waals surface area (Å²) in [5.74, 6) is -12.6. The van der Waals surface area contributed by atoms with Gasteiger partial charge in [0.25, 0.3) is 0 Å². The molecule has 0 unspecified atom stereocenters. The smallest absolute Gasteiger partial charge is 0.326 e. The van der Waals surface area contributed by atoms with Crippen molar-refractivity contribution in [3.8, 4) is 0 Å². The van der Waals surface area contributed by atoms with Gasteiger partial charge in [-0.15, -0.1) is 0 Å². The average molecular weight is 1200 g/mol. The lowest BCUT2D eigenvalue weighted by molar-refractivity contribution is -0.143. The van der Waals surface area contributed by atoms with E-state index in [0.717, 1.165) is 0 Å². The third-order valence-electron chi connectivity index (χ3n) is 14.5. The summed E-state index contributed by atoms with van der Waals surface area (Å²) < 4.78 is 0. The Bertz CT molecular complexity index is 2920. The van der Waals surface area contributed by atoms with E-state index in [9.17, 15) is 67.7 Å². The molecule has 2 heterocycles. The van der Waals surface area contributed by atoms with Gasteiger partial charge in [0, 0.05) is 55.9 Å². The number of hydrogen-bond donors (Lipinski definition) is 15. The van der Waals surface area contributed by atoms with Gasteiger partial charge < -0.3 is 86.0 Å². The molecule has 4 rings (SSSR count). The van der Waals surface area contributed by atoms with Crippen molar-refractivity contribution in [2.75, 3.05) is 13.1 Å². The van der Waals surface area contributed by atoms with Crippen LogP contribution in [0.15, 0.2) is 65.8 Å². The number of carbonyl (C=O) groups excluding carboxylic acids is 10. The van der Waals surface area contributed by atoms with Gasteiger partial charge in [0.1, 0.15) is 48.3 Å². The van der Waals surface area contributed by atoms with E-state index in [-0.39, 0.29) is 76.3 Å². The van der Waals surface area contributed by atoms with Gasteiger partial charge in [-0.3, -0.25) is 57.7 Å². The minimum Gasteiger partial charge on any atom is -0.481 e. The van der Waals surface area contributed by atoms with Gasteiger partial charge in [-0.05, 0) is 74.0 Å². The summed E-state index contributed by atoms with van der Waals surface area (Å²) in [5, 5.41) is 38.3. The molecule has 0 saturated carbocycles. The molecule has 0 radical (unpaired) electrons. The molecule has 1 aromatic heterocycles. The maximum atomic E-state index is 15.0. The number of aliphatic carboxylic acids is 2. The van der Waals surface area contributed by atoms with Gasteiger partial charge >= 0.3 is 11.9 Å². The molecule has 10 amide bonds. The zero-order valence-corrected chi connectivity index (χ0v) is 48.8. The van der Waals surface area contributed by atoms with E-state index in [0.29, 0.717) is 34.9 Å². The Labute approximate surface area is 497 Å². The van der Waals surface area contributed by atoms with Crippen molar-refractivity contribution < 1.29 is 67.7 Å². The first-order valence-electron chi connectivity index (χ1n) is 28.5. The van der Waals surface area contributed by atoms with Gasteiger partial charge in [-0.2, -0.15) is 0 Å². The van der Waals surface area contributed by atoms with Crippen molar-refractivity contribution in [2.45, 2.75) is 166 Å². The fraction of sp³-hybridized carbons (Fsp3) is 0.526. The van der Waals surface area contributed by atoms with Gasteiger partial charge in [-0.25, -0.2) is 4.79 Å². The maximum Gasteiger partial charge on any atom is 0.326 e. The first-order valence-corrected chi connectivity index (χ1v) is 28.5. The van der Waals surface area contributed by atoms with Crippen molar-refractivity contribution in [1.82, 2.24) is 47.1 Å². The Balaban J connectivity index is 1.70. The molecule has 10 atom stereocenters. The number of nitrogens with two attached hydrogens (primary N) is 5. The summed E-state index contributed by atoms with van der Waals surface area (Å²) in [6.45, 7) is 6.95. The highest BCUT2D eigenvalue weighted by molar-refractivity contribution is 6.00. The number of rotatable bonds is 36. The molecule has 1 aliphatic heterocycles. The van der Waals surface area contributed by atoms with Crippen molar-refractivity contribution in [1.29, 1.82) is 0 Å². The fourth-order valence-corrected chi connectivity index (χ4v) is 9.71.